The Hall–Kier alpha value is -2.38. The van der Waals surface area contributed by atoms with E-state index in [2.05, 4.69) is 25.3 Å². The molecule has 8 nitrogen and oxygen atoms in total. The average molecular weight is 249 g/mol. The van der Waals surface area contributed by atoms with Crippen LogP contribution in [0.25, 0.3) is 11.2 Å². The molecule has 1 unspecified atom stereocenters. The number of nitrogen functional groups attached to an aromatic ring is 1. The topological polar surface area (TPSA) is 136 Å². The van der Waals surface area contributed by atoms with Crippen molar-refractivity contribution in [3.8, 4) is 0 Å². The summed E-state index contributed by atoms with van der Waals surface area (Å²) in [6.07, 6.45) is 1.48. The first-order valence-electron chi connectivity index (χ1n) is 5.51. The van der Waals surface area contributed by atoms with E-state index in [1.54, 1.807) is 0 Å². The van der Waals surface area contributed by atoms with E-state index in [0.717, 1.165) is 0 Å². The second kappa shape index (κ2) is 4.47. The highest BCUT2D eigenvalue weighted by molar-refractivity contribution is 5.88. The van der Waals surface area contributed by atoms with Crippen molar-refractivity contribution in [1.82, 2.24) is 19.9 Å². The molecule has 0 bridgehead atoms. The summed E-state index contributed by atoms with van der Waals surface area (Å²) in [6, 6.07) is -0.536. The Labute approximate surface area is 103 Å². The van der Waals surface area contributed by atoms with E-state index < -0.39 is 11.9 Å². The molecule has 96 valence electrons. The molecule has 6 N–H and O–H groups in total. The molecule has 18 heavy (non-hydrogen) atoms. The first kappa shape index (κ1) is 12.1. The zero-order valence-corrected chi connectivity index (χ0v) is 10.1. The molecule has 0 aliphatic carbocycles. The van der Waals surface area contributed by atoms with Crippen LogP contribution in [0.15, 0.2) is 6.33 Å². The monoisotopic (exact) mass is 249 g/mol. The number of nitrogens with two attached hydrogens (primary N) is 2. The number of hydrogen-bond acceptors (Lipinski definition) is 6. The number of nitrogens with one attached hydrogen (secondary N) is 2. The first-order chi connectivity index (χ1) is 8.49. The Morgan fingerprint density at radius 1 is 1.44 bits per heavy atom. The number of H-pyrrole nitrogens is 1. The van der Waals surface area contributed by atoms with Crippen molar-refractivity contribution >= 4 is 28.8 Å². The lowest BCUT2D eigenvalue weighted by molar-refractivity contribution is -0.119. The van der Waals surface area contributed by atoms with Gasteiger partial charge < -0.3 is 21.8 Å². The van der Waals surface area contributed by atoms with E-state index in [0.29, 0.717) is 17.0 Å². The van der Waals surface area contributed by atoms with Gasteiger partial charge in [0.1, 0.15) is 11.6 Å². The molecule has 0 spiro atoms. The lowest BCUT2D eigenvalue weighted by Crippen LogP contribution is -2.39. The summed E-state index contributed by atoms with van der Waals surface area (Å²) < 4.78 is 0. The summed E-state index contributed by atoms with van der Waals surface area (Å²) in [5, 5.41) is 2.97. The molecule has 2 rings (SSSR count). The van der Waals surface area contributed by atoms with Crippen molar-refractivity contribution in [1.29, 1.82) is 0 Å². The molecule has 1 atom stereocenters. The Balaban J connectivity index is 2.41. The maximum absolute atomic E-state index is 11.4. The standard InChI is InChI=1S/C10H15N7O/c1-4(2)5(7(11)18)15-9-6-8(14-3-13-6)16-10(12)17-9/h3-5H,1-2H3,(H2,11,18)(H4,12,13,14,15,16,17). The summed E-state index contributed by atoms with van der Waals surface area (Å²) in [5.41, 5.74) is 12.0. The minimum atomic E-state index is -0.536. The van der Waals surface area contributed by atoms with E-state index in [1.165, 1.54) is 6.33 Å². The molecule has 0 saturated carbocycles. The van der Waals surface area contributed by atoms with Gasteiger partial charge in [-0.3, -0.25) is 4.79 Å². The van der Waals surface area contributed by atoms with Crippen molar-refractivity contribution in [3.63, 3.8) is 0 Å². The fourth-order valence-corrected chi connectivity index (χ4v) is 1.67. The molecule has 2 aromatic heterocycles. The molecule has 0 aromatic carbocycles. The molecule has 2 aromatic rings. The molecule has 0 radical (unpaired) electrons. The molecule has 2 heterocycles. The van der Waals surface area contributed by atoms with Gasteiger partial charge in [-0.1, -0.05) is 13.8 Å². The number of fused-ring (bicyclic) bond motifs is 1. The fourth-order valence-electron chi connectivity index (χ4n) is 1.67. The molecule has 8 heteroatoms. The van der Waals surface area contributed by atoms with Crippen LogP contribution in [0, 0.1) is 5.92 Å². The highest BCUT2D eigenvalue weighted by atomic mass is 16.1. The number of hydrogen-bond donors (Lipinski definition) is 4. The van der Waals surface area contributed by atoms with Crippen molar-refractivity contribution in [2.45, 2.75) is 19.9 Å². The number of aromatic nitrogens is 4. The van der Waals surface area contributed by atoms with Crippen LogP contribution < -0.4 is 16.8 Å². The number of primary amides is 1. The van der Waals surface area contributed by atoms with Gasteiger partial charge in [-0.15, -0.1) is 0 Å². The third-order valence-corrected chi connectivity index (χ3v) is 2.57. The number of carbonyl (C=O) groups excluding carboxylic acids is 1. The smallest absolute Gasteiger partial charge is 0.240 e. The van der Waals surface area contributed by atoms with Crippen molar-refractivity contribution in [2.24, 2.45) is 11.7 Å². The number of carbonyl (C=O) groups is 1. The third-order valence-electron chi connectivity index (χ3n) is 2.57. The van der Waals surface area contributed by atoms with Crippen LogP contribution in [0.5, 0.6) is 0 Å². The Morgan fingerprint density at radius 3 is 2.78 bits per heavy atom. The van der Waals surface area contributed by atoms with Gasteiger partial charge in [-0.25, -0.2) is 4.98 Å². The Kier molecular flexibility index (Phi) is 3.00. The SMILES string of the molecule is CC(C)C(Nc1nc(N)nc2nc[nH]c12)C(N)=O. The van der Waals surface area contributed by atoms with Crippen LogP contribution in [0.2, 0.25) is 0 Å². The number of aromatic amines is 1. The maximum Gasteiger partial charge on any atom is 0.240 e. The first-order valence-corrected chi connectivity index (χ1v) is 5.51. The van der Waals surface area contributed by atoms with E-state index in [-0.39, 0.29) is 11.9 Å². The number of rotatable bonds is 4. The van der Waals surface area contributed by atoms with Crippen LogP contribution in [0.1, 0.15) is 13.8 Å². The summed E-state index contributed by atoms with van der Waals surface area (Å²) in [7, 11) is 0. The molecule has 0 aliphatic rings. The zero-order valence-electron chi connectivity index (χ0n) is 10.1. The number of nitrogens with zero attached hydrogens (tertiary/aromatic N) is 3. The summed E-state index contributed by atoms with van der Waals surface area (Å²) in [4.78, 5) is 26.3. The Bertz CT molecular complexity index is 577. The quantitative estimate of drug-likeness (QED) is 0.595. The maximum atomic E-state index is 11.4. The fraction of sp³-hybridized carbons (Fsp3) is 0.400. The van der Waals surface area contributed by atoms with Crippen LogP contribution >= 0.6 is 0 Å². The number of amides is 1. The van der Waals surface area contributed by atoms with Gasteiger partial charge >= 0.3 is 0 Å². The van der Waals surface area contributed by atoms with Gasteiger partial charge in [0.05, 0.1) is 6.33 Å². The predicted octanol–water partition coefficient (Wildman–Crippen LogP) is -0.143. The normalized spacial score (nSPS) is 12.8. The van der Waals surface area contributed by atoms with Crippen molar-refractivity contribution in [3.05, 3.63) is 6.33 Å². The highest BCUT2D eigenvalue weighted by Crippen LogP contribution is 2.19. The van der Waals surface area contributed by atoms with Crippen LogP contribution in [0.3, 0.4) is 0 Å². The largest absolute Gasteiger partial charge is 0.368 e. The molecular formula is C10H15N7O. The second-order valence-corrected chi connectivity index (χ2v) is 4.30. The van der Waals surface area contributed by atoms with E-state index in [9.17, 15) is 4.79 Å². The van der Waals surface area contributed by atoms with Gasteiger partial charge in [-0.05, 0) is 5.92 Å². The van der Waals surface area contributed by atoms with Crippen LogP contribution in [-0.4, -0.2) is 31.9 Å². The molecular weight excluding hydrogens is 234 g/mol. The average Bonchev–Trinajstić information content (AvgIpc) is 2.72. The Morgan fingerprint density at radius 2 is 2.17 bits per heavy atom. The van der Waals surface area contributed by atoms with Gasteiger partial charge in [0.25, 0.3) is 0 Å². The number of anilines is 2. The van der Waals surface area contributed by atoms with Gasteiger partial charge in [0, 0.05) is 0 Å². The van der Waals surface area contributed by atoms with Gasteiger partial charge in [0.2, 0.25) is 11.9 Å². The van der Waals surface area contributed by atoms with E-state index in [4.69, 9.17) is 11.5 Å². The summed E-state index contributed by atoms with van der Waals surface area (Å²) in [6.45, 7) is 3.77. The highest BCUT2D eigenvalue weighted by Gasteiger charge is 2.21. The van der Waals surface area contributed by atoms with Crippen molar-refractivity contribution < 1.29 is 4.79 Å². The second-order valence-electron chi connectivity index (χ2n) is 4.30. The number of imidazole rings is 1. The van der Waals surface area contributed by atoms with Gasteiger partial charge in [-0.2, -0.15) is 9.97 Å². The molecule has 0 fully saturated rings. The summed E-state index contributed by atoms with van der Waals surface area (Å²) in [5.74, 6) is 0.0862. The van der Waals surface area contributed by atoms with Crippen LogP contribution in [-0.2, 0) is 4.79 Å². The lowest BCUT2D eigenvalue weighted by atomic mass is 10.0. The van der Waals surface area contributed by atoms with E-state index >= 15 is 0 Å². The predicted molar refractivity (Wildman–Crippen MR) is 67.5 cm³/mol. The lowest BCUT2D eigenvalue weighted by Gasteiger charge is -2.19. The van der Waals surface area contributed by atoms with Crippen LogP contribution in [0.4, 0.5) is 11.8 Å². The molecule has 0 aliphatic heterocycles. The van der Waals surface area contributed by atoms with Gasteiger partial charge in [0.15, 0.2) is 11.5 Å². The van der Waals surface area contributed by atoms with E-state index in [1.807, 2.05) is 13.8 Å². The summed E-state index contributed by atoms with van der Waals surface area (Å²) >= 11 is 0. The minimum absolute atomic E-state index is 0.0247. The minimum Gasteiger partial charge on any atom is -0.368 e. The molecule has 1 amide bonds. The zero-order chi connectivity index (χ0) is 13.3. The van der Waals surface area contributed by atoms with Crippen molar-refractivity contribution in [2.75, 3.05) is 11.1 Å². The molecule has 0 saturated heterocycles. The third kappa shape index (κ3) is 2.17.